The predicted octanol–water partition coefficient (Wildman–Crippen LogP) is 3.97. The van der Waals surface area contributed by atoms with Crippen LogP contribution < -0.4 is 5.32 Å². The quantitative estimate of drug-likeness (QED) is 0.841. The molecule has 0 aliphatic heterocycles. The maximum atomic E-state index is 11.5. The van der Waals surface area contributed by atoms with E-state index in [4.69, 9.17) is 0 Å². The molecule has 0 saturated heterocycles. The van der Waals surface area contributed by atoms with Crippen LogP contribution >= 0.6 is 11.3 Å². The molecule has 0 fully saturated rings. The van der Waals surface area contributed by atoms with Crippen LogP contribution in [0.4, 0.5) is 0 Å². The summed E-state index contributed by atoms with van der Waals surface area (Å²) in [5.41, 5.74) is 3.46. The number of carbonyl (C=O) groups is 1. The van der Waals surface area contributed by atoms with Crippen LogP contribution in [0, 0.1) is 6.92 Å². The van der Waals surface area contributed by atoms with Crippen LogP contribution in [0.1, 0.15) is 37.4 Å². The number of nitrogens with zero attached hydrogens (tertiary/aromatic N) is 1. The number of amides is 1. The summed E-state index contributed by atoms with van der Waals surface area (Å²) in [5.74, 6) is 0.144. The molecule has 1 heterocycles. The molecule has 0 aliphatic rings. The Bertz CT molecular complexity index is 575. The van der Waals surface area contributed by atoms with Crippen LogP contribution in [-0.4, -0.2) is 17.4 Å². The number of thiazole rings is 1. The number of hydrogen-bond acceptors (Lipinski definition) is 3. The molecule has 0 bridgehead atoms. The van der Waals surface area contributed by atoms with Gasteiger partial charge in [0.1, 0.15) is 5.01 Å². The van der Waals surface area contributed by atoms with Crippen LogP contribution in [0.25, 0.3) is 10.6 Å². The number of aromatic nitrogens is 1. The molecule has 1 aromatic heterocycles. The molecular weight excluding hydrogens is 280 g/mol. The van der Waals surface area contributed by atoms with Gasteiger partial charge in [0.25, 0.3) is 0 Å². The third-order valence-corrected chi connectivity index (χ3v) is 4.25. The highest BCUT2D eigenvalue weighted by Gasteiger charge is 2.05. The first kappa shape index (κ1) is 15.7. The first-order chi connectivity index (χ1) is 10.2. The van der Waals surface area contributed by atoms with Gasteiger partial charge >= 0.3 is 0 Å². The third-order valence-electron chi connectivity index (χ3n) is 3.31. The fourth-order valence-electron chi connectivity index (χ4n) is 2.01. The number of nitrogens with one attached hydrogen (secondary N) is 1. The average molecular weight is 302 g/mol. The van der Waals surface area contributed by atoms with E-state index in [0.717, 1.165) is 35.5 Å². The predicted molar refractivity (Wildman–Crippen MR) is 88.5 cm³/mol. The average Bonchev–Trinajstić information content (AvgIpc) is 2.95. The van der Waals surface area contributed by atoms with E-state index in [-0.39, 0.29) is 5.91 Å². The molecule has 0 aliphatic carbocycles. The molecule has 0 spiro atoms. The van der Waals surface area contributed by atoms with Crippen molar-refractivity contribution >= 4 is 17.2 Å². The van der Waals surface area contributed by atoms with Gasteiger partial charge in [0, 0.05) is 30.3 Å². The maximum Gasteiger partial charge on any atom is 0.220 e. The fourth-order valence-corrected chi connectivity index (χ4v) is 2.87. The molecule has 21 heavy (non-hydrogen) atoms. The van der Waals surface area contributed by atoms with Gasteiger partial charge in [0.15, 0.2) is 0 Å². The van der Waals surface area contributed by atoms with Crippen LogP contribution in [0.3, 0.4) is 0 Å². The van der Waals surface area contributed by atoms with E-state index < -0.39 is 0 Å². The molecule has 1 amide bonds. The molecule has 0 atom stereocenters. The Morgan fingerprint density at radius 3 is 2.76 bits per heavy atom. The van der Waals surface area contributed by atoms with Crippen LogP contribution in [0.15, 0.2) is 29.6 Å². The molecule has 0 radical (unpaired) electrons. The topological polar surface area (TPSA) is 42.0 Å². The summed E-state index contributed by atoms with van der Waals surface area (Å²) in [4.78, 5) is 16.2. The Kier molecular flexibility index (Phi) is 5.93. The van der Waals surface area contributed by atoms with Gasteiger partial charge in [-0.3, -0.25) is 4.79 Å². The van der Waals surface area contributed by atoms with Crippen molar-refractivity contribution in [2.45, 2.75) is 39.5 Å². The number of aryl methyl sites for hydroxylation is 1. The zero-order chi connectivity index (χ0) is 15.1. The van der Waals surface area contributed by atoms with Crippen molar-refractivity contribution in [1.29, 1.82) is 0 Å². The van der Waals surface area contributed by atoms with Gasteiger partial charge in [-0.15, -0.1) is 11.3 Å². The van der Waals surface area contributed by atoms with Crippen molar-refractivity contribution in [2.24, 2.45) is 0 Å². The van der Waals surface area contributed by atoms with Crippen molar-refractivity contribution in [3.8, 4) is 10.6 Å². The summed E-state index contributed by atoms with van der Waals surface area (Å²) in [6.45, 7) is 4.84. The highest BCUT2D eigenvalue weighted by Crippen LogP contribution is 2.24. The number of unbranched alkanes of at least 4 members (excludes halogenated alkanes) is 1. The van der Waals surface area contributed by atoms with Crippen LogP contribution in [0.2, 0.25) is 0 Å². The van der Waals surface area contributed by atoms with Gasteiger partial charge in [-0.05, 0) is 13.3 Å². The van der Waals surface area contributed by atoms with Crippen molar-refractivity contribution < 1.29 is 4.79 Å². The lowest BCUT2D eigenvalue weighted by Gasteiger charge is -2.02. The second-order valence-corrected chi connectivity index (χ2v) is 6.07. The zero-order valence-corrected chi connectivity index (χ0v) is 13.5. The van der Waals surface area contributed by atoms with E-state index in [1.807, 2.05) is 0 Å². The number of hydrogen-bond donors (Lipinski definition) is 1. The minimum Gasteiger partial charge on any atom is -0.356 e. The largest absolute Gasteiger partial charge is 0.356 e. The molecular formula is C17H22N2OS. The molecule has 2 rings (SSSR count). The van der Waals surface area contributed by atoms with Gasteiger partial charge in [-0.25, -0.2) is 4.98 Å². The summed E-state index contributed by atoms with van der Waals surface area (Å²) in [7, 11) is 0. The Morgan fingerprint density at radius 1 is 1.29 bits per heavy atom. The van der Waals surface area contributed by atoms with Gasteiger partial charge in [0.2, 0.25) is 5.91 Å². The van der Waals surface area contributed by atoms with E-state index in [9.17, 15) is 4.79 Å². The minimum absolute atomic E-state index is 0.144. The lowest BCUT2D eigenvalue weighted by atomic mass is 10.2. The third kappa shape index (κ3) is 4.97. The second kappa shape index (κ2) is 7.93. The van der Waals surface area contributed by atoms with Gasteiger partial charge in [-0.2, -0.15) is 0 Å². The number of carbonyl (C=O) groups excluding carboxylic acids is 1. The first-order valence-corrected chi connectivity index (χ1v) is 8.35. The minimum atomic E-state index is 0.144. The van der Waals surface area contributed by atoms with E-state index in [1.165, 1.54) is 5.56 Å². The molecule has 1 N–H and O–H groups in total. The van der Waals surface area contributed by atoms with Gasteiger partial charge in [-0.1, -0.05) is 43.2 Å². The van der Waals surface area contributed by atoms with Gasteiger partial charge in [0.05, 0.1) is 5.69 Å². The van der Waals surface area contributed by atoms with Crippen molar-refractivity contribution in [1.82, 2.24) is 10.3 Å². The van der Waals surface area contributed by atoms with E-state index in [0.29, 0.717) is 13.0 Å². The molecule has 112 valence electrons. The Morgan fingerprint density at radius 2 is 2.05 bits per heavy atom. The lowest BCUT2D eigenvalue weighted by Crippen LogP contribution is -2.25. The zero-order valence-electron chi connectivity index (χ0n) is 12.7. The Balaban J connectivity index is 1.83. The summed E-state index contributed by atoms with van der Waals surface area (Å²) in [5, 5.41) is 6.07. The van der Waals surface area contributed by atoms with Gasteiger partial charge < -0.3 is 5.32 Å². The SMILES string of the molecule is CCCCC(=O)NCCc1csc(-c2ccc(C)cc2)n1. The summed E-state index contributed by atoms with van der Waals surface area (Å²) in [6.07, 6.45) is 3.43. The molecule has 0 unspecified atom stereocenters. The highest BCUT2D eigenvalue weighted by atomic mass is 32.1. The fraction of sp³-hybridized carbons (Fsp3) is 0.412. The maximum absolute atomic E-state index is 11.5. The smallest absolute Gasteiger partial charge is 0.220 e. The summed E-state index contributed by atoms with van der Waals surface area (Å²) in [6, 6.07) is 8.41. The van der Waals surface area contributed by atoms with Crippen LogP contribution in [-0.2, 0) is 11.2 Å². The summed E-state index contributed by atoms with van der Waals surface area (Å²) >= 11 is 1.66. The Labute approximate surface area is 130 Å². The summed E-state index contributed by atoms with van der Waals surface area (Å²) < 4.78 is 0. The van der Waals surface area contributed by atoms with Crippen molar-refractivity contribution in [3.63, 3.8) is 0 Å². The molecule has 4 heteroatoms. The monoisotopic (exact) mass is 302 g/mol. The van der Waals surface area contributed by atoms with E-state index in [1.54, 1.807) is 11.3 Å². The normalized spacial score (nSPS) is 10.6. The lowest BCUT2D eigenvalue weighted by molar-refractivity contribution is -0.121. The Hall–Kier alpha value is -1.68. The molecule has 2 aromatic rings. The molecule has 0 saturated carbocycles. The number of rotatable bonds is 7. The highest BCUT2D eigenvalue weighted by molar-refractivity contribution is 7.13. The van der Waals surface area contributed by atoms with Crippen molar-refractivity contribution in [2.75, 3.05) is 6.54 Å². The second-order valence-electron chi connectivity index (χ2n) is 5.21. The van der Waals surface area contributed by atoms with E-state index in [2.05, 4.69) is 53.8 Å². The standard InChI is InChI=1S/C17H22N2OS/c1-3-4-5-16(20)18-11-10-15-12-21-17(19-15)14-8-6-13(2)7-9-14/h6-9,12H,3-5,10-11H2,1-2H3,(H,18,20). The van der Waals surface area contributed by atoms with E-state index >= 15 is 0 Å². The molecule has 1 aromatic carbocycles. The van der Waals surface area contributed by atoms with Crippen molar-refractivity contribution in [3.05, 3.63) is 40.9 Å². The van der Waals surface area contributed by atoms with Crippen LogP contribution in [0.5, 0.6) is 0 Å². The first-order valence-electron chi connectivity index (χ1n) is 7.47. The molecule has 3 nitrogen and oxygen atoms in total. The number of benzene rings is 1.